The number of pyridine rings is 1. The zero-order valence-corrected chi connectivity index (χ0v) is 15.0. The van der Waals surface area contributed by atoms with Crippen molar-refractivity contribution in [3.63, 3.8) is 0 Å². The first-order chi connectivity index (χ1) is 13.3. The molecule has 3 heterocycles. The lowest BCUT2D eigenvalue weighted by Gasteiger charge is -2.33. The Morgan fingerprint density at radius 2 is 2.07 bits per heavy atom. The predicted octanol–water partition coefficient (Wildman–Crippen LogP) is 2.90. The number of hydrogen-bond donors (Lipinski definition) is 1. The molecular weight excluding hydrogens is 344 g/mol. The Morgan fingerprint density at radius 1 is 1.22 bits per heavy atom. The quantitative estimate of drug-likeness (QED) is 0.768. The highest BCUT2D eigenvalue weighted by Crippen LogP contribution is 2.27. The van der Waals surface area contributed by atoms with Gasteiger partial charge < -0.3 is 19.3 Å². The molecule has 0 aliphatic carbocycles. The highest BCUT2D eigenvalue weighted by atomic mass is 16.6. The summed E-state index contributed by atoms with van der Waals surface area (Å²) in [6.45, 7) is 1.28. The lowest BCUT2D eigenvalue weighted by atomic mass is 10.1. The monoisotopic (exact) mass is 366 g/mol. The average molecular weight is 366 g/mol. The Labute approximate surface area is 157 Å². The third-order valence-electron chi connectivity index (χ3n) is 4.89. The number of likely N-dealkylation sites (tertiary alicyclic amines) is 1. The van der Waals surface area contributed by atoms with Crippen LogP contribution in [0.5, 0.6) is 0 Å². The zero-order chi connectivity index (χ0) is 18.6. The van der Waals surface area contributed by atoms with Crippen molar-refractivity contribution in [2.75, 3.05) is 13.1 Å². The van der Waals surface area contributed by atoms with E-state index in [0.29, 0.717) is 18.9 Å². The van der Waals surface area contributed by atoms with Gasteiger partial charge >= 0.3 is 6.09 Å². The molecule has 1 amide bonds. The second kappa shape index (κ2) is 7.75. The molecule has 0 radical (unpaired) electrons. The van der Waals surface area contributed by atoms with Crippen molar-refractivity contribution in [1.82, 2.24) is 19.4 Å². The summed E-state index contributed by atoms with van der Waals surface area (Å²) in [7, 11) is 0. The van der Waals surface area contributed by atoms with Crippen LogP contribution >= 0.6 is 0 Å². The maximum atomic E-state index is 12.5. The van der Waals surface area contributed by atoms with Gasteiger partial charge in [-0.05, 0) is 30.5 Å². The molecule has 1 N–H and O–H groups in total. The van der Waals surface area contributed by atoms with Gasteiger partial charge in [0.2, 0.25) is 0 Å². The minimum atomic E-state index is -0.313. The maximum Gasteiger partial charge on any atom is 0.410 e. The van der Waals surface area contributed by atoms with E-state index < -0.39 is 0 Å². The molecule has 1 aliphatic rings. The summed E-state index contributed by atoms with van der Waals surface area (Å²) in [5, 5.41) is 9.72. The molecule has 7 nitrogen and oxygen atoms in total. The number of rotatable bonds is 4. The van der Waals surface area contributed by atoms with Crippen LogP contribution in [0.1, 0.15) is 30.3 Å². The summed E-state index contributed by atoms with van der Waals surface area (Å²) < 4.78 is 7.44. The first-order valence-electron chi connectivity index (χ1n) is 9.14. The third-order valence-corrected chi connectivity index (χ3v) is 4.89. The normalized spacial score (nSPS) is 17.2. The van der Waals surface area contributed by atoms with Crippen molar-refractivity contribution in [3.05, 3.63) is 60.0 Å². The van der Waals surface area contributed by atoms with Crippen LogP contribution in [0.15, 0.2) is 48.7 Å². The number of benzene rings is 1. The molecular formula is C20H22N4O3. The third kappa shape index (κ3) is 3.64. The van der Waals surface area contributed by atoms with E-state index in [2.05, 4.69) is 9.97 Å². The molecule has 1 aliphatic heterocycles. The van der Waals surface area contributed by atoms with Crippen LogP contribution in [0, 0.1) is 0 Å². The summed E-state index contributed by atoms with van der Waals surface area (Å²) in [5.74, 6) is 0.577. The Kier molecular flexibility index (Phi) is 5.02. The number of carbonyl (C=O) groups is 1. The first-order valence-corrected chi connectivity index (χ1v) is 9.14. The molecule has 4 rings (SSSR count). The van der Waals surface area contributed by atoms with Gasteiger partial charge in [0.15, 0.2) is 5.65 Å². The molecule has 1 aromatic carbocycles. The SMILES string of the molecule is O=C(OCc1ccccc1)N1CCC[C@@H](n2c(CO)nc3cccnc32)C1. The number of piperidine rings is 1. The van der Waals surface area contributed by atoms with E-state index in [1.807, 2.05) is 47.0 Å². The summed E-state index contributed by atoms with van der Waals surface area (Å²) in [6.07, 6.45) is 3.17. The molecule has 2 aromatic heterocycles. The minimum absolute atomic E-state index is 0.0186. The summed E-state index contributed by atoms with van der Waals surface area (Å²) in [6, 6.07) is 13.4. The lowest BCUT2D eigenvalue weighted by molar-refractivity contribution is 0.0798. The molecule has 1 atom stereocenters. The largest absolute Gasteiger partial charge is 0.445 e. The van der Waals surface area contributed by atoms with Gasteiger partial charge in [-0.2, -0.15) is 0 Å². The van der Waals surface area contributed by atoms with Crippen molar-refractivity contribution < 1.29 is 14.6 Å². The summed E-state index contributed by atoms with van der Waals surface area (Å²) >= 11 is 0. The fraction of sp³-hybridized carbons (Fsp3) is 0.350. The maximum absolute atomic E-state index is 12.5. The summed E-state index contributed by atoms with van der Waals surface area (Å²) in [4.78, 5) is 23.1. The number of hydrogen-bond acceptors (Lipinski definition) is 5. The lowest BCUT2D eigenvalue weighted by Crippen LogP contribution is -2.41. The van der Waals surface area contributed by atoms with E-state index in [-0.39, 0.29) is 25.3 Å². The fourth-order valence-corrected chi connectivity index (χ4v) is 3.61. The van der Waals surface area contributed by atoms with Crippen LogP contribution in [0.25, 0.3) is 11.2 Å². The first kappa shape index (κ1) is 17.5. The van der Waals surface area contributed by atoms with Gasteiger partial charge in [0.1, 0.15) is 24.6 Å². The number of amides is 1. The second-order valence-corrected chi connectivity index (χ2v) is 6.68. The van der Waals surface area contributed by atoms with Crippen molar-refractivity contribution in [3.8, 4) is 0 Å². The number of carbonyl (C=O) groups excluding carboxylic acids is 1. The Bertz CT molecular complexity index is 925. The molecule has 0 spiro atoms. The molecule has 7 heteroatoms. The molecule has 1 fully saturated rings. The van der Waals surface area contributed by atoms with Gasteiger partial charge in [0, 0.05) is 19.3 Å². The van der Waals surface area contributed by atoms with Gasteiger partial charge in [-0.15, -0.1) is 0 Å². The molecule has 140 valence electrons. The number of aliphatic hydroxyl groups is 1. The Hall–Kier alpha value is -2.93. The van der Waals surface area contributed by atoms with Crippen LogP contribution in [-0.4, -0.2) is 43.7 Å². The standard InChI is InChI=1S/C20H22N4O3/c25-13-18-22-17-9-4-10-21-19(17)24(18)16-8-5-11-23(12-16)20(26)27-14-15-6-2-1-3-7-15/h1-4,6-7,9-10,16,25H,5,8,11-14H2/t16-/m1/s1. The fourth-order valence-electron chi connectivity index (χ4n) is 3.61. The van der Waals surface area contributed by atoms with Gasteiger partial charge in [-0.1, -0.05) is 30.3 Å². The van der Waals surface area contributed by atoms with Crippen LogP contribution in [0.3, 0.4) is 0 Å². The van der Waals surface area contributed by atoms with E-state index in [9.17, 15) is 9.90 Å². The number of nitrogens with zero attached hydrogens (tertiary/aromatic N) is 4. The van der Waals surface area contributed by atoms with Crippen LogP contribution in [0.4, 0.5) is 4.79 Å². The van der Waals surface area contributed by atoms with Gasteiger partial charge in [-0.25, -0.2) is 14.8 Å². The van der Waals surface area contributed by atoms with Gasteiger partial charge in [0.05, 0.1) is 6.04 Å². The predicted molar refractivity (Wildman–Crippen MR) is 99.9 cm³/mol. The van der Waals surface area contributed by atoms with Crippen LogP contribution < -0.4 is 0 Å². The van der Waals surface area contributed by atoms with Crippen molar-refractivity contribution in [2.45, 2.75) is 32.1 Å². The summed E-state index contributed by atoms with van der Waals surface area (Å²) in [5.41, 5.74) is 2.46. The molecule has 0 bridgehead atoms. The number of aliphatic hydroxyl groups excluding tert-OH is 1. The average Bonchev–Trinajstić information content (AvgIpc) is 3.11. The van der Waals surface area contributed by atoms with E-state index >= 15 is 0 Å². The van der Waals surface area contributed by atoms with Crippen LogP contribution in [-0.2, 0) is 18.0 Å². The van der Waals surface area contributed by atoms with E-state index in [4.69, 9.17) is 4.74 Å². The molecule has 0 saturated carbocycles. The topological polar surface area (TPSA) is 80.5 Å². The van der Waals surface area contributed by atoms with Crippen molar-refractivity contribution >= 4 is 17.3 Å². The van der Waals surface area contributed by atoms with E-state index in [1.165, 1.54) is 0 Å². The molecule has 3 aromatic rings. The van der Waals surface area contributed by atoms with Gasteiger partial charge in [0.25, 0.3) is 0 Å². The number of aromatic nitrogens is 3. The highest BCUT2D eigenvalue weighted by molar-refractivity contribution is 5.71. The number of ether oxygens (including phenoxy) is 1. The smallest absolute Gasteiger partial charge is 0.410 e. The molecule has 0 unspecified atom stereocenters. The van der Waals surface area contributed by atoms with Crippen molar-refractivity contribution in [2.24, 2.45) is 0 Å². The van der Waals surface area contributed by atoms with E-state index in [0.717, 1.165) is 29.6 Å². The second-order valence-electron chi connectivity index (χ2n) is 6.68. The highest BCUT2D eigenvalue weighted by Gasteiger charge is 2.28. The zero-order valence-electron chi connectivity index (χ0n) is 15.0. The van der Waals surface area contributed by atoms with Crippen LogP contribution in [0.2, 0.25) is 0 Å². The molecule has 1 saturated heterocycles. The Balaban J connectivity index is 1.49. The van der Waals surface area contributed by atoms with E-state index in [1.54, 1.807) is 11.1 Å². The van der Waals surface area contributed by atoms with Gasteiger partial charge in [-0.3, -0.25) is 0 Å². The molecule has 27 heavy (non-hydrogen) atoms. The minimum Gasteiger partial charge on any atom is -0.445 e. The number of fused-ring (bicyclic) bond motifs is 1. The van der Waals surface area contributed by atoms with Crippen molar-refractivity contribution in [1.29, 1.82) is 0 Å². The number of imidazole rings is 1. The Morgan fingerprint density at radius 3 is 2.89 bits per heavy atom.